The monoisotopic (exact) mass is 639 g/mol. The number of ether oxygens (including phenoxy) is 2. The average molecular weight is 640 g/mol. The number of benzene rings is 3. The smallest absolute Gasteiger partial charge is 0.335 e. The van der Waals surface area contributed by atoms with Crippen LogP contribution >= 0.6 is 24.0 Å². The lowest BCUT2D eigenvalue weighted by Gasteiger charge is -2.17. The fourth-order valence-electron chi connectivity index (χ4n) is 5.46. The lowest BCUT2D eigenvalue weighted by molar-refractivity contribution is -0.122. The number of carbonyl (C=O) groups is 2. The van der Waals surface area contributed by atoms with E-state index in [1.165, 1.54) is 36.7 Å². The Morgan fingerprint density at radius 1 is 0.956 bits per heavy atom. The first-order chi connectivity index (χ1) is 21.9. The predicted molar refractivity (Wildman–Crippen MR) is 182 cm³/mol. The minimum absolute atomic E-state index is 0.138. The average Bonchev–Trinajstić information content (AvgIpc) is 3.67. The van der Waals surface area contributed by atoms with E-state index in [1.807, 2.05) is 30.3 Å². The van der Waals surface area contributed by atoms with Crippen LogP contribution in [0.5, 0.6) is 11.5 Å². The highest BCUT2D eigenvalue weighted by Crippen LogP contribution is 2.36. The van der Waals surface area contributed by atoms with Crippen molar-refractivity contribution in [3.8, 4) is 22.6 Å². The van der Waals surface area contributed by atoms with Gasteiger partial charge in [-0.3, -0.25) is 19.6 Å². The maximum Gasteiger partial charge on any atom is 0.335 e. The summed E-state index contributed by atoms with van der Waals surface area (Å²) in [5.41, 5.74) is 4.04. The van der Waals surface area contributed by atoms with Gasteiger partial charge in [0.15, 0.2) is 0 Å². The quantitative estimate of drug-likeness (QED) is 0.103. The normalized spacial score (nSPS) is 16.2. The number of hydrogen-bond donors (Lipinski definition) is 1. The van der Waals surface area contributed by atoms with Gasteiger partial charge < -0.3 is 14.6 Å². The maximum atomic E-state index is 13.5. The van der Waals surface area contributed by atoms with E-state index in [0.717, 1.165) is 53.0 Å². The first-order valence-corrected chi connectivity index (χ1v) is 16.2. The molecule has 2 fully saturated rings. The van der Waals surface area contributed by atoms with Gasteiger partial charge >= 0.3 is 5.97 Å². The molecule has 0 bridgehead atoms. The number of fused-ring (bicyclic) bond motifs is 1. The van der Waals surface area contributed by atoms with Crippen molar-refractivity contribution < 1.29 is 24.2 Å². The number of pyridine rings is 1. The van der Waals surface area contributed by atoms with Crippen molar-refractivity contribution in [3.05, 3.63) is 95.0 Å². The van der Waals surface area contributed by atoms with Gasteiger partial charge in [0.2, 0.25) is 0 Å². The van der Waals surface area contributed by atoms with Gasteiger partial charge in [-0.25, -0.2) is 4.79 Å². The molecule has 1 aromatic heterocycles. The molecular weight excluding hydrogens is 607 g/mol. The number of carboxylic acid groups (broad SMARTS) is 1. The van der Waals surface area contributed by atoms with E-state index >= 15 is 0 Å². The largest absolute Gasteiger partial charge is 0.494 e. The molecule has 6 rings (SSSR count). The van der Waals surface area contributed by atoms with Crippen molar-refractivity contribution >= 4 is 57.2 Å². The molecule has 0 aliphatic carbocycles. The highest BCUT2D eigenvalue weighted by molar-refractivity contribution is 8.26. The van der Waals surface area contributed by atoms with Gasteiger partial charge in [-0.1, -0.05) is 42.2 Å². The molecule has 1 N–H and O–H groups in total. The standard InChI is InChI=1S/C35H33N3O5S2/c39-33-32(45-35(44)38(33)17-4-19-42-29-10-6-24(7-11-29)34(40)41)23-28-22-26(25-8-12-30-27(21-25)5-3-14-36-30)9-13-31(28)43-20-18-37-15-1-2-16-37/h3,5-14,21-23H,1-2,4,15-20H2,(H,40,41). The van der Waals surface area contributed by atoms with E-state index in [1.54, 1.807) is 23.2 Å². The molecule has 45 heavy (non-hydrogen) atoms. The fraction of sp³-hybridized carbons (Fsp3) is 0.257. The Morgan fingerprint density at radius 2 is 1.73 bits per heavy atom. The number of likely N-dealkylation sites (tertiary alicyclic amines) is 1. The molecule has 3 heterocycles. The SMILES string of the molecule is O=C(O)c1ccc(OCCCN2C(=O)C(=Cc3cc(-c4ccc5ncccc5c4)ccc3OCCN3CCCC3)SC2=S)cc1. The molecule has 1 amide bonds. The van der Waals surface area contributed by atoms with Crippen LogP contribution in [0.1, 0.15) is 35.2 Å². The molecular formula is C35H33N3O5S2. The number of aromatic nitrogens is 1. The Bertz CT molecular complexity index is 1750. The zero-order chi connectivity index (χ0) is 31.2. The van der Waals surface area contributed by atoms with Crippen LogP contribution in [-0.4, -0.2) is 75.5 Å². The molecule has 0 atom stereocenters. The van der Waals surface area contributed by atoms with Crippen LogP contribution in [-0.2, 0) is 4.79 Å². The lowest BCUT2D eigenvalue weighted by atomic mass is 10.0. The summed E-state index contributed by atoms with van der Waals surface area (Å²) >= 11 is 6.88. The van der Waals surface area contributed by atoms with Gasteiger partial charge in [0.05, 0.1) is 22.6 Å². The molecule has 3 aromatic carbocycles. The molecule has 2 saturated heterocycles. The minimum Gasteiger partial charge on any atom is -0.494 e. The van der Waals surface area contributed by atoms with Crippen LogP contribution in [0.15, 0.2) is 83.9 Å². The second kappa shape index (κ2) is 14.2. The second-order valence-corrected chi connectivity index (χ2v) is 12.6. The van der Waals surface area contributed by atoms with E-state index in [4.69, 9.17) is 26.8 Å². The number of carbonyl (C=O) groups excluding carboxylic acids is 1. The van der Waals surface area contributed by atoms with Crippen molar-refractivity contribution in [3.63, 3.8) is 0 Å². The first-order valence-electron chi connectivity index (χ1n) is 15.0. The number of nitrogens with zero attached hydrogens (tertiary/aromatic N) is 3. The van der Waals surface area contributed by atoms with Gasteiger partial charge in [0, 0.05) is 30.2 Å². The van der Waals surface area contributed by atoms with E-state index in [2.05, 4.69) is 34.1 Å². The number of thiocarbonyl (C=S) groups is 1. The molecule has 10 heteroatoms. The molecule has 0 unspecified atom stereocenters. The second-order valence-electron chi connectivity index (χ2n) is 10.9. The first kappa shape index (κ1) is 30.8. The van der Waals surface area contributed by atoms with Crippen molar-refractivity contribution in [1.29, 1.82) is 0 Å². The Labute approximate surface area is 271 Å². The minimum atomic E-state index is -0.984. The van der Waals surface area contributed by atoms with Crippen LogP contribution < -0.4 is 9.47 Å². The molecule has 0 radical (unpaired) electrons. The number of amides is 1. The molecule has 2 aliphatic heterocycles. The van der Waals surface area contributed by atoms with Crippen molar-refractivity contribution in [2.24, 2.45) is 0 Å². The van der Waals surface area contributed by atoms with Gasteiger partial charge in [-0.05, 0) is 104 Å². The lowest BCUT2D eigenvalue weighted by Crippen LogP contribution is -2.29. The summed E-state index contributed by atoms with van der Waals surface area (Å²) in [6.07, 6.45) is 6.71. The molecule has 0 saturated carbocycles. The van der Waals surface area contributed by atoms with Crippen molar-refractivity contribution in [1.82, 2.24) is 14.8 Å². The van der Waals surface area contributed by atoms with Gasteiger partial charge in [-0.2, -0.15) is 0 Å². The van der Waals surface area contributed by atoms with E-state index in [-0.39, 0.29) is 11.5 Å². The maximum absolute atomic E-state index is 13.5. The van der Waals surface area contributed by atoms with Crippen LogP contribution in [0.3, 0.4) is 0 Å². The summed E-state index contributed by atoms with van der Waals surface area (Å²) < 4.78 is 12.5. The number of rotatable bonds is 12. The number of carboxylic acids is 1. The molecule has 2 aliphatic rings. The molecule has 8 nitrogen and oxygen atoms in total. The Morgan fingerprint density at radius 3 is 2.53 bits per heavy atom. The zero-order valence-electron chi connectivity index (χ0n) is 24.7. The number of aromatic carboxylic acids is 1. The van der Waals surface area contributed by atoms with Crippen molar-refractivity contribution in [2.75, 3.05) is 39.4 Å². The van der Waals surface area contributed by atoms with E-state index < -0.39 is 5.97 Å². The summed E-state index contributed by atoms with van der Waals surface area (Å²) in [4.78, 5) is 33.5. The van der Waals surface area contributed by atoms with Crippen molar-refractivity contribution in [2.45, 2.75) is 19.3 Å². The number of thioether (sulfide) groups is 1. The molecule has 4 aromatic rings. The molecule has 230 valence electrons. The Hall–Kier alpha value is -4.25. The van der Waals surface area contributed by atoms with Crippen LogP contribution in [0.2, 0.25) is 0 Å². The number of hydrogen-bond acceptors (Lipinski definition) is 8. The van der Waals surface area contributed by atoms with Crippen LogP contribution in [0.4, 0.5) is 0 Å². The van der Waals surface area contributed by atoms with Crippen LogP contribution in [0, 0.1) is 0 Å². The summed E-state index contributed by atoms with van der Waals surface area (Å²) in [6, 6.07) is 22.5. The summed E-state index contributed by atoms with van der Waals surface area (Å²) in [6.45, 7) is 4.43. The third-order valence-corrected chi connectivity index (χ3v) is 9.24. The summed E-state index contributed by atoms with van der Waals surface area (Å²) in [7, 11) is 0. The van der Waals surface area contributed by atoms with E-state index in [0.29, 0.717) is 41.2 Å². The summed E-state index contributed by atoms with van der Waals surface area (Å²) in [5.74, 6) is 0.182. The Balaban J connectivity index is 1.17. The van der Waals surface area contributed by atoms with E-state index in [9.17, 15) is 9.59 Å². The third-order valence-electron chi connectivity index (χ3n) is 7.87. The zero-order valence-corrected chi connectivity index (χ0v) is 26.3. The van der Waals surface area contributed by atoms with Gasteiger partial charge in [0.1, 0.15) is 22.4 Å². The molecule has 0 spiro atoms. The third kappa shape index (κ3) is 7.53. The highest BCUT2D eigenvalue weighted by atomic mass is 32.2. The summed E-state index contributed by atoms with van der Waals surface area (Å²) in [5, 5.41) is 10.1. The van der Waals surface area contributed by atoms with Gasteiger partial charge in [-0.15, -0.1) is 0 Å². The highest BCUT2D eigenvalue weighted by Gasteiger charge is 2.32. The topological polar surface area (TPSA) is 92.2 Å². The fourth-order valence-corrected chi connectivity index (χ4v) is 6.76. The predicted octanol–water partition coefficient (Wildman–Crippen LogP) is 6.74. The van der Waals surface area contributed by atoms with Crippen LogP contribution in [0.25, 0.3) is 28.1 Å². The van der Waals surface area contributed by atoms with Gasteiger partial charge in [0.25, 0.3) is 5.91 Å². The Kier molecular flexibility index (Phi) is 9.73.